The van der Waals surface area contributed by atoms with Crippen molar-refractivity contribution in [3.8, 4) is 17.1 Å². The summed E-state index contributed by atoms with van der Waals surface area (Å²) in [4.78, 5) is 19.9. The summed E-state index contributed by atoms with van der Waals surface area (Å²) in [6.45, 7) is 2.00. The highest BCUT2D eigenvalue weighted by molar-refractivity contribution is 7.98. The number of benzene rings is 3. The van der Waals surface area contributed by atoms with Gasteiger partial charge in [0.2, 0.25) is 23.2 Å². The first kappa shape index (κ1) is 20.5. The highest BCUT2D eigenvalue weighted by Crippen LogP contribution is 2.44. The Morgan fingerprint density at radius 3 is 2.66 bits per heavy atom. The standard InChI is InChI=1S/C25H22N4O2S/c1-3-9-21(30)29-20-15-7-6-13-19(20)22-23(26-25(32-2)28-27-22)31-24(29)18-14-8-11-16-10-4-5-12-17(16)18/h4-8,10-15,24H,3,9H2,1-2H3/t24-/m0/s1. The number of fused-ring (bicyclic) bond motifs is 4. The van der Waals surface area contributed by atoms with Gasteiger partial charge in [0.15, 0.2) is 5.69 Å². The molecule has 2 heterocycles. The Balaban J connectivity index is 1.79. The van der Waals surface area contributed by atoms with Crippen molar-refractivity contribution in [1.82, 2.24) is 15.2 Å². The summed E-state index contributed by atoms with van der Waals surface area (Å²) in [5.41, 5.74) is 2.97. The van der Waals surface area contributed by atoms with E-state index in [0.717, 1.165) is 34.0 Å². The zero-order valence-electron chi connectivity index (χ0n) is 17.9. The molecule has 0 unspecified atom stereocenters. The van der Waals surface area contributed by atoms with Crippen molar-refractivity contribution in [3.63, 3.8) is 0 Å². The lowest BCUT2D eigenvalue weighted by atomic mass is 10.0. The molecule has 0 N–H and O–H groups in total. The van der Waals surface area contributed by atoms with Gasteiger partial charge in [-0.25, -0.2) is 0 Å². The molecule has 0 radical (unpaired) electrons. The number of carbonyl (C=O) groups excluding carboxylic acids is 1. The largest absolute Gasteiger partial charge is 0.447 e. The van der Waals surface area contributed by atoms with Crippen LogP contribution in [-0.4, -0.2) is 27.3 Å². The third-order valence-electron chi connectivity index (χ3n) is 5.52. The van der Waals surface area contributed by atoms with E-state index in [1.54, 1.807) is 4.90 Å². The fourth-order valence-corrected chi connectivity index (χ4v) is 4.37. The maximum absolute atomic E-state index is 13.5. The van der Waals surface area contributed by atoms with Crippen LogP contribution in [-0.2, 0) is 4.79 Å². The number of hydrogen-bond acceptors (Lipinski definition) is 6. The zero-order chi connectivity index (χ0) is 22.1. The molecule has 0 saturated carbocycles. The lowest BCUT2D eigenvalue weighted by molar-refractivity contribution is -0.120. The number of ether oxygens (including phenoxy) is 1. The van der Waals surface area contributed by atoms with Crippen molar-refractivity contribution in [3.05, 3.63) is 72.3 Å². The van der Waals surface area contributed by atoms with Crippen LogP contribution in [0.4, 0.5) is 5.69 Å². The number of nitrogens with zero attached hydrogens (tertiary/aromatic N) is 4. The van der Waals surface area contributed by atoms with E-state index in [0.29, 0.717) is 23.2 Å². The van der Waals surface area contributed by atoms with Gasteiger partial charge in [-0.15, -0.1) is 10.2 Å². The zero-order valence-corrected chi connectivity index (χ0v) is 18.7. The monoisotopic (exact) mass is 442 g/mol. The number of aromatic nitrogens is 3. The summed E-state index contributed by atoms with van der Waals surface area (Å²) in [6.07, 6.45) is 2.35. The average Bonchev–Trinajstić information content (AvgIpc) is 2.98. The van der Waals surface area contributed by atoms with Crippen LogP contribution in [0.1, 0.15) is 31.6 Å². The van der Waals surface area contributed by atoms with Crippen LogP contribution in [0.15, 0.2) is 71.9 Å². The number of thioether (sulfide) groups is 1. The number of rotatable bonds is 4. The third kappa shape index (κ3) is 3.48. The minimum Gasteiger partial charge on any atom is -0.447 e. The van der Waals surface area contributed by atoms with Crippen LogP contribution in [0.25, 0.3) is 22.0 Å². The first-order chi connectivity index (χ1) is 15.7. The Morgan fingerprint density at radius 2 is 1.81 bits per heavy atom. The Kier molecular flexibility index (Phi) is 5.49. The molecule has 0 aliphatic carbocycles. The maximum Gasteiger partial charge on any atom is 0.247 e. The average molecular weight is 443 g/mol. The van der Waals surface area contributed by atoms with E-state index in [9.17, 15) is 4.79 Å². The molecule has 1 amide bonds. The van der Waals surface area contributed by atoms with Crippen LogP contribution in [0.2, 0.25) is 0 Å². The molecule has 1 aliphatic rings. The quantitative estimate of drug-likeness (QED) is 0.381. The van der Waals surface area contributed by atoms with E-state index in [2.05, 4.69) is 33.4 Å². The van der Waals surface area contributed by atoms with Crippen LogP contribution in [0.5, 0.6) is 5.88 Å². The maximum atomic E-state index is 13.5. The first-order valence-corrected chi connectivity index (χ1v) is 11.8. The Bertz CT molecular complexity index is 1300. The molecule has 1 aliphatic heterocycles. The second-order valence-electron chi connectivity index (χ2n) is 7.52. The Morgan fingerprint density at radius 1 is 1.03 bits per heavy atom. The van der Waals surface area contributed by atoms with Crippen molar-refractivity contribution in [2.45, 2.75) is 31.1 Å². The number of para-hydroxylation sites is 1. The molecular formula is C25H22N4O2S. The first-order valence-electron chi connectivity index (χ1n) is 10.6. The van der Waals surface area contributed by atoms with E-state index >= 15 is 0 Å². The summed E-state index contributed by atoms with van der Waals surface area (Å²) in [6, 6.07) is 21.9. The van der Waals surface area contributed by atoms with E-state index in [1.165, 1.54) is 11.8 Å². The van der Waals surface area contributed by atoms with Crippen molar-refractivity contribution in [1.29, 1.82) is 0 Å². The van der Waals surface area contributed by atoms with Crippen LogP contribution >= 0.6 is 11.8 Å². The van der Waals surface area contributed by atoms with E-state index in [4.69, 9.17) is 4.74 Å². The predicted molar refractivity (Wildman–Crippen MR) is 127 cm³/mol. The lowest BCUT2D eigenvalue weighted by Crippen LogP contribution is -2.37. The molecule has 5 rings (SSSR count). The molecule has 0 spiro atoms. The van der Waals surface area contributed by atoms with E-state index < -0.39 is 6.23 Å². The van der Waals surface area contributed by atoms with Crippen LogP contribution in [0.3, 0.4) is 0 Å². The number of amides is 1. The number of hydrogen-bond donors (Lipinski definition) is 0. The molecule has 0 bridgehead atoms. The minimum atomic E-state index is -0.686. The summed E-state index contributed by atoms with van der Waals surface area (Å²) < 4.78 is 6.53. The molecule has 0 saturated heterocycles. The van der Waals surface area contributed by atoms with Gasteiger partial charge in [0.1, 0.15) is 0 Å². The van der Waals surface area contributed by atoms with Gasteiger partial charge in [-0.3, -0.25) is 9.69 Å². The SMILES string of the molecule is CCCC(=O)N1c2ccccc2-c2nnc(SC)nc2O[C@H]1c1cccc2ccccc12. The summed E-state index contributed by atoms with van der Waals surface area (Å²) in [5.74, 6) is 0.366. The van der Waals surface area contributed by atoms with Crippen molar-refractivity contribution >= 4 is 34.1 Å². The summed E-state index contributed by atoms with van der Waals surface area (Å²) >= 11 is 1.40. The molecule has 32 heavy (non-hydrogen) atoms. The molecule has 4 aromatic rings. The molecular weight excluding hydrogens is 420 g/mol. The molecule has 0 fully saturated rings. The Labute approximate surface area is 190 Å². The van der Waals surface area contributed by atoms with Crippen molar-refractivity contribution < 1.29 is 9.53 Å². The highest BCUT2D eigenvalue weighted by atomic mass is 32.2. The molecule has 7 heteroatoms. The van der Waals surface area contributed by atoms with Gasteiger partial charge in [-0.2, -0.15) is 4.98 Å². The predicted octanol–water partition coefficient (Wildman–Crippen LogP) is 5.64. The summed E-state index contributed by atoms with van der Waals surface area (Å²) in [7, 11) is 0. The second kappa shape index (κ2) is 8.59. The van der Waals surface area contributed by atoms with Gasteiger partial charge >= 0.3 is 0 Å². The Hall–Kier alpha value is -3.45. The molecule has 3 aromatic carbocycles. The van der Waals surface area contributed by atoms with E-state index in [-0.39, 0.29) is 5.91 Å². The fourth-order valence-electron chi connectivity index (χ4n) is 4.07. The van der Waals surface area contributed by atoms with Crippen LogP contribution in [0, 0.1) is 0 Å². The number of carbonyl (C=O) groups is 1. The number of anilines is 1. The van der Waals surface area contributed by atoms with Crippen molar-refractivity contribution in [2.24, 2.45) is 0 Å². The molecule has 1 aromatic heterocycles. The minimum absolute atomic E-state index is 0.0104. The lowest BCUT2D eigenvalue weighted by Gasteiger charge is -2.31. The van der Waals surface area contributed by atoms with E-state index in [1.807, 2.05) is 61.7 Å². The molecule has 1 atom stereocenters. The van der Waals surface area contributed by atoms with Gasteiger partial charge in [0, 0.05) is 17.5 Å². The van der Waals surface area contributed by atoms with Crippen LogP contribution < -0.4 is 9.64 Å². The molecule has 160 valence electrons. The smallest absolute Gasteiger partial charge is 0.247 e. The summed E-state index contributed by atoms with van der Waals surface area (Å²) in [5, 5.41) is 11.3. The van der Waals surface area contributed by atoms with Gasteiger partial charge in [0.05, 0.1) is 5.69 Å². The fraction of sp³-hybridized carbons (Fsp3) is 0.200. The normalized spacial score (nSPS) is 14.9. The second-order valence-corrected chi connectivity index (χ2v) is 8.30. The van der Waals surface area contributed by atoms with Gasteiger partial charge in [-0.1, -0.05) is 79.3 Å². The van der Waals surface area contributed by atoms with Gasteiger partial charge in [-0.05, 0) is 29.5 Å². The third-order valence-corrected chi connectivity index (χ3v) is 6.05. The highest BCUT2D eigenvalue weighted by Gasteiger charge is 2.36. The van der Waals surface area contributed by atoms with Gasteiger partial charge in [0.25, 0.3) is 0 Å². The van der Waals surface area contributed by atoms with Gasteiger partial charge < -0.3 is 4.74 Å². The van der Waals surface area contributed by atoms with Crippen molar-refractivity contribution in [2.75, 3.05) is 11.2 Å². The topological polar surface area (TPSA) is 68.2 Å². The molecule has 6 nitrogen and oxygen atoms in total.